The minimum atomic E-state index is -0.373. The van der Waals surface area contributed by atoms with E-state index in [1.807, 2.05) is 6.07 Å². The molecule has 1 fully saturated rings. The molecule has 0 amide bonds. The van der Waals surface area contributed by atoms with Crippen LogP contribution in [0.5, 0.6) is 0 Å². The smallest absolute Gasteiger partial charge is 0.187 e. The summed E-state index contributed by atoms with van der Waals surface area (Å²) in [6, 6.07) is 3.69. The van der Waals surface area contributed by atoms with E-state index in [9.17, 15) is 4.39 Å². The summed E-state index contributed by atoms with van der Waals surface area (Å²) in [5.41, 5.74) is 1.86. The van der Waals surface area contributed by atoms with Crippen LogP contribution in [0.2, 0.25) is 0 Å². The molecule has 7 nitrogen and oxygen atoms in total. The van der Waals surface area contributed by atoms with Gasteiger partial charge in [-0.3, -0.25) is 4.68 Å². The van der Waals surface area contributed by atoms with Gasteiger partial charge in [-0.05, 0) is 52.7 Å². The number of thiazole rings is 1. The van der Waals surface area contributed by atoms with Gasteiger partial charge < -0.3 is 10.2 Å². The first-order valence-corrected chi connectivity index (χ1v) is 11.6. The van der Waals surface area contributed by atoms with E-state index in [1.165, 1.54) is 6.07 Å². The Kier molecular flexibility index (Phi) is 4.76. The third kappa shape index (κ3) is 3.84. The molecule has 9 heteroatoms. The van der Waals surface area contributed by atoms with Gasteiger partial charge in [0.15, 0.2) is 16.8 Å². The number of hydrogen-bond donors (Lipinski definition) is 1. The highest BCUT2D eigenvalue weighted by Gasteiger charge is 2.39. The summed E-state index contributed by atoms with van der Waals surface area (Å²) >= 11 is 1.55. The molecule has 1 aromatic carbocycles. The Morgan fingerprint density at radius 3 is 2.59 bits per heavy atom. The van der Waals surface area contributed by atoms with E-state index < -0.39 is 0 Å². The standard InChI is InChI=1S/C23H28FN7S/c1-22(2)9-15(10-23(3,4)29-22)31(6)21-26-17-11-25-19(27-20(17)32-21)13-7-14-12-30(5)28-18(14)16(24)8-13/h7-8,11-12,15,29H,9-10H2,1-6H3. The lowest BCUT2D eigenvalue weighted by Crippen LogP contribution is -2.61. The van der Waals surface area contributed by atoms with Crippen LogP contribution < -0.4 is 10.2 Å². The minimum absolute atomic E-state index is 0.0549. The van der Waals surface area contributed by atoms with Gasteiger partial charge in [0.05, 0.1) is 6.20 Å². The SMILES string of the molecule is CN(c1nc2cnc(-c3cc(F)c4nn(C)cc4c3)nc2s1)C1CC(C)(C)NC(C)(C)C1. The van der Waals surface area contributed by atoms with E-state index in [4.69, 9.17) is 9.97 Å². The average molecular weight is 454 g/mol. The molecule has 3 aromatic heterocycles. The van der Waals surface area contributed by atoms with Crippen molar-refractivity contribution < 1.29 is 4.39 Å². The van der Waals surface area contributed by atoms with Crippen molar-refractivity contribution in [1.29, 1.82) is 0 Å². The zero-order valence-electron chi connectivity index (χ0n) is 19.3. The van der Waals surface area contributed by atoms with Crippen molar-refractivity contribution in [2.45, 2.75) is 57.7 Å². The molecule has 0 saturated carbocycles. The third-order valence-electron chi connectivity index (χ3n) is 6.09. The van der Waals surface area contributed by atoms with Gasteiger partial charge in [-0.1, -0.05) is 11.3 Å². The number of rotatable bonds is 3. The average Bonchev–Trinajstić information content (AvgIpc) is 3.27. The van der Waals surface area contributed by atoms with Crippen molar-refractivity contribution in [2.24, 2.45) is 7.05 Å². The van der Waals surface area contributed by atoms with Crippen LogP contribution in [0.3, 0.4) is 0 Å². The van der Waals surface area contributed by atoms with Crippen LogP contribution in [0.25, 0.3) is 32.6 Å². The summed E-state index contributed by atoms with van der Waals surface area (Å²) in [4.78, 5) is 17.1. The molecule has 0 unspecified atom stereocenters. The van der Waals surface area contributed by atoms with Crippen LogP contribution in [0.1, 0.15) is 40.5 Å². The van der Waals surface area contributed by atoms with E-state index in [0.717, 1.165) is 33.7 Å². The van der Waals surface area contributed by atoms with Gasteiger partial charge in [-0.2, -0.15) is 5.10 Å². The molecule has 0 radical (unpaired) electrons. The first-order valence-electron chi connectivity index (χ1n) is 10.8. The maximum Gasteiger partial charge on any atom is 0.187 e. The molecule has 32 heavy (non-hydrogen) atoms. The number of aryl methyl sites for hydroxylation is 1. The molecule has 0 aliphatic carbocycles. The first kappa shape index (κ1) is 21.2. The highest BCUT2D eigenvalue weighted by Crippen LogP contribution is 2.36. The van der Waals surface area contributed by atoms with E-state index >= 15 is 0 Å². The molecular weight excluding hydrogens is 425 g/mol. The molecule has 168 valence electrons. The summed E-state index contributed by atoms with van der Waals surface area (Å²) in [5.74, 6) is 0.117. The molecule has 4 heterocycles. The number of nitrogens with one attached hydrogen (secondary N) is 1. The highest BCUT2D eigenvalue weighted by molar-refractivity contribution is 7.21. The molecule has 0 bridgehead atoms. The van der Waals surface area contributed by atoms with Crippen molar-refractivity contribution in [3.8, 4) is 11.4 Å². The Hall–Kier alpha value is -2.65. The fourth-order valence-corrected chi connectivity index (χ4v) is 6.00. The van der Waals surface area contributed by atoms with E-state index in [0.29, 0.717) is 22.9 Å². The Balaban J connectivity index is 1.48. The van der Waals surface area contributed by atoms with Crippen LogP contribution in [0.4, 0.5) is 9.52 Å². The summed E-state index contributed by atoms with van der Waals surface area (Å²) in [5, 5.41) is 9.56. The van der Waals surface area contributed by atoms with E-state index in [2.05, 4.69) is 55.0 Å². The monoisotopic (exact) mass is 453 g/mol. The summed E-state index contributed by atoms with van der Waals surface area (Å²) in [7, 11) is 3.89. The van der Waals surface area contributed by atoms with E-state index in [1.54, 1.807) is 35.5 Å². The maximum absolute atomic E-state index is 14.5. The molecular formula is C23H28FN7S. The summed E-state index contributed by atoms with van der Waals surface area (Å²) < 4.78 is 16.2. The van der Waals surface area contributed by atoms with Crippen molar-refractivity contribution in [2.75, 3.05) is 11.9 Å². The minimum Gasteiger partial charge on any atom is -0.348 e. The second kappa shape index (κ2) is 7.18. The number of hydrogen-bond acceptors (Lipinski definition) is 7. The molecule has 1 saturated heterocycles. The van der Waals surface area contributed by atoms with Gasteiger partial charge in [-0.15, -0.1) is 0 Å². The number of aromatic nitrogens is 5. The lowest BCUT2D eigenvalue weighted by Gasteiger charge is -2.48. The van der Waals surface area contributed by atoms with Crippen LogP contribution >= 0.6 is 11.3 Å². The molecule has 4 aromatic rings. The number of halogens is 1. The first-order chi connectivity index (χ1) is 15.0. The molecule has 0 atom stereocenters. The van der Waals surface area contributed by atoms with Crippen molar-refractivity contribution >= 4 is 37.7 Å². The van der Waals surface area contributed by atoms with Crippen LogP contribution in [0.15, 0.2) is 24.5 Å². The Labute approximate surface area is 190 Å². The fraction of sp³-hybridized carbons (Fsp3) is 0.478. The molecule has 1 N–H and O–H groups in total. The van der Waals surface area contributed by atoms with Crippen molar-refractivity contribution in [3.05, 3.63) is 30.3 Å². The Morgan fingerprint density at radius 2 is 1.88 bits per heavy atom. The predicted molar refractivity (Wildman–Crippen MR) is 128 cm³/mol. The normalized spacial score (nSPS) is 18.5. The second-order valence-corrected chi connectivity index (χ2v) is 11.1. The van der Waals surface area contributed by atoms with Gasteiger partial charge in [0, 0.05) is 48.4 Å². The Morgan fingerprint density at radius 1 is 1.16 bits per heavy atom. The molecule has 5 rings (SSSR count). The molecule has 1 aliphatic heterocycles. The van der Waals surface area contributed by atoms with Gasteiger partial charge in [-0.25, -0.2) is 19.3 Å². The largest absolute Gasteiger partial charge is 0.348 e. The second-order valence-electron chi connectivity index (χ2n) is 10.1. The quantitative estimate of drug-likeness (QED) is 0.492. The molecule has 0 spiro atoms. The molecule has 1 aliphatic rings. The number of fused-ring (bicyclic) bond motifs is 2. The number of benzene rings is 1. The zero-order chi connectivity index (χ0) is 22.8. The summed E-state index contributed by atoms with van der Waals surface area (Å²) in [6.45, 7) is 9.01. The predicted octanol–water partition coefficient (Wildman–Crippen LogP) is 4.52. The van der Waals surface area contributed by atoms with E-state index in [-0.39, 0.29) is 16.9 Å². The topological polar surface area (TPSA) is 71.8 Å². The Bertz CT molecular complexity index is 1310. The fourth-order valence-electron chi connectivity index (χ4n) is 5.05. The van der Waals surface area contributed by atoms with Crippen LogP contribution in [0, 0.1) is 5.82 Å². The lowest BCUT2D eigenvalue weighted by molar-refractivity contribution is 0.161. The van der Waals surface area contributed by atoms with Crippen LogP contribution in [-0.4, -0.2) is 48.9 Å². The third-order valence-corrected chi connectivity index (χ3v) is 7.15. The van der Waals surface area contributed by atoms with Gasteiger partial charge >= 0.3 is 0 Å². The van der Waals surface area contributed by atoms with Crippen molar-refractivity contribution in [1.82, 2.24) is 30.0 Å². The number of nitrogens with zero attached hydrogens (tertiary/aromatic N) is 6. The highest BCUT2D eigenvalue weighted by atomic mass is 32.1. The summed E-state index contributed by atoms with van der Waals surface area (Å²) in [6.07, 6.45) is 5.59. The maximum atomic E-state index is 14.5. The van der Waals surface area contributed by atoms with Gasteiger partial charge in [0.2, 0.25) is 0 Å². The van der Waals surface area contributed by atoms with Crippen LogP contribution in [-0.2, 0) is 7.05 Å². The number of piperidine rings is 1. The zero-order valence-corrected chi connectivity index (χ0v) is 20.1. The van der Waals surface area contributed by atoms with Gasteiger partial charge in [0.25, 0.3) is 0 Å². The lowest BCUT2D eigenvalue weighted by atomic mass is 9.79. The number of anilines is 1. The van der Waals surface area contributed by atoms with Crippen molar-refractivity contribution in [3.63, 3.8) is 0 Å². The van der Waals surface area contributed by atoms with Gasteiger partial charge in [0.1, 0.15) is 15.9 Å².